The average molecular weight is 524 g/mol. The summed E-state index contributed by atoms with van der Waals surface area (Å²) in [5.41, 5.74) is 0.666. The van der Waals surface area contributed by atoms with Crippen LogP contribution in [0.1, 0.15) is 70.8 Å². The lowest BCUT2D eigenvalue weighted by atomic mass is 10.1. The minimum atomic E-state index is -1.33. The molecule has 8 nitrogen and oxygen atoms in total. The molecule has 35 heavy (non-hydrogen) atoms. The maximum atomic E-state index is 12.9. The van der Waals surface area contributed by atoms with Crippen molar-refractivity contribution in [2.24, 2.45) is 0 Å². The molecule has 2 atom stereocenters. The smallest absolute Gasteiger partial charge is 0.326 e. The van der Waals surface area contributed by atoms with Crippen LogP contribution >= 0.6 is 24.0 Å². The highest BCUT2D eigenvalue weighted by molar-refractivity contribution is 8.26. The maximum absolute atomic E-state index is 12.9. The number of methoxy groups -OCH3 is 1. The van der Waals surface area contributed by atoms with Crippen LogP contribution in [0.15, 0.2) is 23.1 Å². The van der Waals surface area contributed by atoms with Crippen molar-refractivity contribution < 1.29 is 34.1 Å². The molecule has 0 aliphatic carbocycles. The second-order valence-corrected chi connectivity index (χ2v) is 10.1. The summed E-state index contributed by atoms with van der Waals surface area (Å²) in [6.45, 7) is 4.22. The first-order valence-corrected chi connectivity index (χ1v) is 13.0. The zero-order chi connectivity index (χ0) is 26.0. The topological polar surface area (TPSA) is 113 Å². The third kappa shape index (κ3) is 8.54. The number of carbonyl (C=O) groups excluding carboxylic acids is 1. The van der Waals surface area contributed by atoms with E-state index in [1.165, 1.54) is 25.7 Å². The number of nitrogens with zero attached hydrogens (tertiary/aromatic N) is 1. The van der Waals surface area contributed by atoms with Crippen LogP contribution in [0, 0.1) is 0 Å². The van der Waals surface area contributed by atoms with Crippen molar-refractivity contribution in [3.63, 3.8) is 0 Å². The number of hydrogen-bond acceptors (Lipinski definition) is 7. The molecule has 0 spiro atoms. The Bertz CT molecular complexity index is 963. The molecule has 192 valence electrons. The van der Waals surface area contributed by atoms with Gasteiger partial charge in [-0.3, -0.25) is 14.5 Å². The van der Waals surface area contributed by atoms with Crippen LogP contribution in [0.2, 0.25) is 0 Å². The Morgan fingerprint density at radius 2 is 1.86 bits per heavy atom. The fourth-order valence-corrected chi connectivity index (χ4v) is 5.06. The van der Waals surface area contributed by atoms with Gasteiger partial charge in [0.2, 0.25) is 0 Å². The second kappa shape index (κ2) is 14.1. The highest BCUT2D eigenvalue weighted by Gasteiger charge is 2.40. The van der Waals surface area contributed by atoms with Crippen molar-refractivity contribution in [3.8, 4) is 11.5 Å². The molecular weight excluding hydrogens is 490 g/mol. The molecule has 0 unspecified atom stereocenters. The Labute approximate surface area is 215 Å². The van der Waals surface area contributed by atoms with Gasteiger partial charge in [0.15, 0.2) is 11.5 Å². The largest absolute Gasteiger partial charge is 0.493 e. The number of hydrogen-bond donors (Lipinski definition) is 2. The van der Waals surface area contributed by atoms with Gasteiger partial charge in [0.25, 0.3) is 5.91 Å². The highest BCUT2D eigenvalue weighted by Crippen LogP contribution is 2.36. The van der Waals surface area contributed by atoms with Gasteiger partial charge in [-0.25, -0.2) is 4.79 Å². The number of carboxylic acids is 2. The van der Waals surface area contributed by atoms with Crippen LogP contribution in [0.3, 0.4) is 0 Å². The summed E-state index contributed by atoms with van der Waals surface area (Å²) in [5, 5.41) is 18.4. The van der Waals surface area contributed by atoms with Gasteiger partial charge in [-0.15, -0.1) is 0 Å². The zero-order valence-electron chi connectivity index (χ0n) is 20.3. The molecule has 0 saturated carbocycles. The van der Waals surface area contributed by atoms with E-state index in [0.29, 0.717) is 17.1 Å². The van der Waals surface area contributed by atoms with E-state index in [-0.39, 0.29) is 28.2 Å². The van der Waals surface area contributed by atoms with Crippen LogP contribution in [-0.2, 0) is 14.4 Å². The van der Waals surface area contributed by atoms with Crippen molar-refractivity contribution >= 4 is 52.2 Å². The lowest BCUT2D eigenvalue weighted by Crippen LogP contribution is -2.44. The number of aliphatic carboxylic acids is 2. The van der Waals surface area contributed by atoms with Crippen molar-refractivity contribution in [2.75, 3.05) is 7.11 Å². The first-order valence-electron chi connectivity index (χ1n) is 11.7. The average Bonchev–Trinajstić information content (AvgIpc) is 3.07. The molecule has 1 fully saturated rings. The zero-order valence-corrected chi connectivity index (χ0v) is 22.0. The number of benzene rings is 1. The maximum Gasteiger partial charge on any atom is 0.326 e. The molecule has 1 aromatic rings. The van der Waals surface area contributed by atoms with E-state index in [4.69, 9.17) is 26.8 Å². The lowest BCUT2D eigenvalue weighted by Gasteiger charge is -2.22. The summed E-state index contributed by atoms with van der Waals surface area (Å²) in [4.78, 5) is 36.7. The number of carboxylic acid groups (broad SMARTS) is 2. The summed E-state index contributed by atoms with van der Waals surface area (Å²) in [7, 11) is 1.54. The number of amides is 1. The van der Waals surface area contributed by atoms with Gasteiger partial charge < -0.3 is 19.7 Å². The number of thioether (sulfide) groups is 1. The predicted octanol–water partition coefficient (Wildman–Crippen LogP) is 5.34. The Morgan fingerprint density at radius 3 is 2.49 bits per heavy atom. The minimum Gasteiger partial charge on any atom is -0.493 e. The van der Waals surface area contributed by atoms with Gasteiger partial charge in [-0.1, -0.05) is 62.7 Å². The van der Waals surface area contributed by atoms with Crippen molar-refractivity contribution in [2.45, 2.75) is 77.4 Å². The Morgan fingerprint density at radius 1 is 1.14 bits per heavy atom. The second-order valence-electron chi connectivity index (χ2n) is 8.38. The molecule has 1 amide bonds. The number of thiocarbonyl (C=S) groups is 1. The van der Waals surface area contributed by atoms with E-state index in [1.54, 1.807) is 31.4 Å². The first kappa shape index (κ1) is 28.6. The van der Waals surface area contributed by atoms with E-state index >= 15 is 0 Å². The molecule has 1 saturated heterocycles. The number of ether oxygens (including phenoxy) is 2. The minimum absolute atomic E-state index is 0.0337. The Balaban J connectivity index is 2.11. The van der Waals surface area contributed by atoms with Crippen molar-refractivity contribution in [1.29, 1.82) is 0 Å². The van der Waals surface area contributed by atoms with Crippen LogP contribution < -0.4 is 9.47 Å². The predicted molar refractivity (Wildman–Crippen MR) is 140 cm³/mol. The molecule has 0 bridgehead atoms. The monoisotopic (exact) mass is 523 g/mol. The summed E-state index contributed by atoms with van der Waals surface area (Å²) in [6, 6.07) is 3.98. The molecule has 2 N–H and O–H groups in total. The highest BCUT2D eigenvalue weighted by atomic mass is 32.2. The number of carbonyl (C=O) groups is 3. The van der Waals surface area contributed by atoms with Crippen LogP contribution in [0.4, 0.5) is 0 Å². The van der Waals surface area contributed by atoms with Crippen LogP contribution in [0.5, 0.6) is 11.5 Å². The van der Waals surface area contributed by atoms with Gasteiger partial charge in [0.05, 0.1) is 18.1 Å². The third-order valence-corrected chi connectivity index (χ3v) is 6.91. The summed E-state index contributed by atoms with van der Waals surface area (Å²) in [5.74, 6) is -1.87. The van der Waals surface area contributed by atoms with E-state index in [0.717, 1.165) is 29.5 Å². The van der Waals surface area contributed by atoms with E-state index in [9.17, 15) is 19.5 Å². The number of rotatable bonds is 15. The Kier molecular flexibility index (Phi) is 11.5. The quantitative estimate of drug-likeness (QED) is 0.179. The lowest BCUT2D eigenvalue weighted by molar-refractivity contribution is -0.146. The molecule has 0 aromatic heterocycles. The fraction of sp³-hybridized carbons (Fsp3) is 0.520. The molecule has 1 aliphatic rings. The molecule has 1 heterocycles. The van der Waals surface area contributed by atoms with Crippen LogP contribution in [0.25, 0.3) is 6.08 Å². The SMILES string of the molecule is CCCCCCC[C@@H](C)Oc1ccc(/C=C2/SC(=S)N([C@H](CCC(=O)O)C(=O)O)C2=O)cc1OC. The molecular formula is C25H33NO7S2. The molecule has 1 aliphatic heterocycles. The van der Waals surface area contributed by atoms with Crippen molar-refractivity contribution in [3.05, 3.63) is 28.7 Å². The van der Waals surface area contributed by atoms with Gasteiger partial charge in [-0.05, 0) is 50.0 Å². The van der Waals surface area contributed by atoms with Gasteiger partial charge in [-0.2, -0.15) is 0 Å². The van der Waals surface area contributed by atoms with Crippen molar-refractivity contribution in [1.82, 2.24) is 4.90 Å². The number of unbranched alkanes of at least 4 members (excludes halogenated alkanes) is 4. The van der Waals surface area contributed by atoms with Crippen LogP contribution in [-0.4, -0.2) is 56.5 Å². The molecule has 1 aromatic carbocycles. The first-order chi connectivity index (χ1) is 16.7. The van der Waals surface area contributed by atoms with E-state index in [2.05, 4.69) is 6.92 Å². The standard InChI is InChI=1S/C25H33NO7S2/c1-4-5-6-7-8-9-16(2)33-19-12-10-17(14-20(19)32-3)15-21-23(29)26(25(34)35-21)18(24(30)31)11-13-22(27)28/h10,12,14-16,18H,4-9,11,13H2,1-3H3,(H,27,28)(H,30,31)/b21-15+/t16-,18-/m1/s1. The van der Waals surface area contributed by atoms with Gasteiger partial charge in [0, 0.05) is 6.42 Å². The van der Waals surface area contributed by atoms with E-state index in [1.807, 2.05) is 6.92 Å². The van der Waals surface area contributed by atoms with Gasteiger partial charge >= 0.3 is 11.9 Å². The summed E-state index contributed by atoms with van der Waals surface area (Å²) < 4.78 is 11.6. The normalized spacial score (nSPS) is 16.4. The third-order valence-electron chi connectivity index (χ3n) is 5.58. The van der Waals surface area contributed by atoms with E-state index < -0.39 is 23.9 Å². The summed E-state index contributed by atoms with van der Waals surface area (Å²) >= 11 is 6.22. The fourth-order valence-electron chi connectivity index (χ4n) is 3.71. The Hall–Kier alpha value is -2.59. The molecule has 0 radical (unpaired) electrons. The van der Waals surface area contributed by atoms with Gasteiger partial charge in [0.1, 0.15) is 10.4 Å². The summed E-state index contributed by atoms with van der Waals surface area (Å²) in [6.07, 6.45) is 7.97. The molecule has 2 rings (SSSR count). The molecule has 10 heteroatoms.